The monoisotopic (exact) mass is 183 g/mol. The highest BCUT2D eigenvalue weighted by Gasteiger charge is 2.31. The summed E-state index contributed by atoms with van der Waals surface area (Å²) in [5.41, 5.74) is 0.810. The lowest BCUT2D eigenvalue weighted by Crippen LogP contribution is -2.08. The number of aromatic nitrogens is 1. The summed E-state index contributed by atoms with van der Waals surface area (Å²) < 4.78 is 0. The highest BCUT2D eigenvalue weighted by Crippen LogP contribution is 2.36. The highest BCUT2D eigenvalue weighted by molar-refractivity contribution is 7.11. The molecule has 64 valence electrons. The molecule has 0 fully saturated rings. The summed E-state index contributed by atoms with van der Waals surface area (Å²) in [7, 11) is 0. The Balaban J connectivity index is 2.41. The summed E-state index contributed by atoms with van der Waals surface area (Å²) in [5, 5.41) is 9.81. The molecule has 1 aromatic heterocycles. The van der Waals surface area contributed by atoms with Gasteiger partial charge >= 0.3 is 5.97 Å². The molecule has 0 radical (unpaired) electrons. The molecule has 1 aliphatic rings. The van der Waals surface area contributed by atoms with Crippen LogP contribution in [0.1, 0.15) is 27.9 Å². The number of aryl methyl sites for hydroxylation is 2. The van der Waals surface area contributed by atoms with Crippen LogP contribution in [0.15, 0.2) is 0 Å². The van der Waals surface area contributed by atoms with Crippen LogP contribution in [0.25, 0.3) is 0 Å². The molecule has 1 heterocycles. The normalized spacial score (nSPS) is 20.9. The lowest BCUT2D eigenvalue weighted by atomic mass is 10.1. The Bertz CT molecular complexity index is 332. The van der Waals surface area contributed by atoms with Gasteiger partial charge in [-0.25, -0.2) is 4.98 Å². The molecule has 0 saturated carbocycles. The van der Waals surface area contributed by atoms with Crippen molar-refractivity contribution >= 4 is 17.3 Å². The predicted octanol–water partition coefficient (Wildman–Crippen LogP) is 1.57. The van der Waals surface area contributed by atoms with Gasteiger partial charge in [-0.05, 0) is 19.8 Å². The zero-order valence-electron chi connectivity index (χ0n) is 6.70. The van der Waals surface area contributed by atoms with Gasteiger partial charge in [-0.15, -0.1) is 11.3 Å². The SMILES string of the molecule is Cc1nc2c(s1)CC[C@H]2C(=O)O. The second-order valence-corrected chi connectivity index (χ2v) is 4.26. The summed E-state index contributed by atoms with van der Waals surface area (Å²) in [6, 6.07) is 0. The van der Waals surface area contributed by atoms with Gasteiger partial charge in [0.25, 0.3) is 0 Å². The van der Waals surface area contributed by atoms with E-state index in [-0.39, 0.29) is 5.92 Å². The third kappa shape index (κ3) is 1.03. The summed E-state index contributed by atoms with van der Waals surface area (Å²) in [6.45, 7) is 1.92. The van der Waals surface area contributed by atoms with Crippen LogP contribution >= 0.6 is 11.3 Å². The first-order chi connectivity index (χ1) is 5.68. The molecule has 0 aromatic carbocycles. The van der Waals surface area contributed by atoms with Crippen molar-refractivity contribution in [2.24, 2.45) is 0 Å². The number of carboxylic acids is 1. The van der Waals surface area contributed by atoms with E-state index >= 15 is 0 Å². The molecule has 0 unspecified atom stereocenters. The lowest BCUT2D eigenvalue weighted by Gasteiger charge is -1.99. The van der Waals surface area contributed by atoms with Gasteiger partial charge in [-0.2, -0.15) is 0 Å². The molecule has 4 heteroatoms. The van der Waals surface area contributed by atoms with Crippen molar-refractivity contribution in [1.29, 1.82) is 0 Å². The number of hydrogen-bond donors (Lipinski definition) is 1. The fraction of sp³-hybridized carbons (Fsp3) is 0.500. The van der Waals surface area contributed by atoms with E-state index in [9.17, 15) is 4.79 Å². The van der Waals surface area contributed by atoms with E-state index < -0.39 is 5.97 Å². The fourth-order valence-electron chi connectivity index (χ4n) is 1.59. The summed E-state index contributed by atoms with van der Waals surface area (Å²) in [6.07, 6.45) is 1.61. The van der Waals surface area contributed by atoms with Crippen molar-refractivity contribution in [3.63, 3.8) is 0 Å². The highest BCUT2D eigenvalue weighted by atomic mass is 32.1. The minimum Gasteiger partial charge on any atom is -0.481 e. The van der Waals surface area contributed by atoms with E-state index in [4.69, 9.17) is 5.11 Å². The van der Waals surface area contributed by atoms with Gasteiger partial charge in [0.05, 0.1) is 10.7 Å². The molecule has 0 aliphatic heterocycles. The number of carbonyl (C=O) groups is 1. The topological polar surface area (TPSA) is 50.2 Å². The second kappa shape index (κ2) is 2.55. The van der Waals surface area contributed by atoms with Crippen LogP contribution < -0.4 is 0 Å². The average molecular weight is 183 g/mol. The molecule has 3 nitrogen and oxygen atoms in total. The van der Waals surface area contributed by atoms with Gasteiger partial charge in [-0.1, -0.05) is 0 Å². The first-order valence-corrected chi connectivity index (χ1v) is 4.69. The molecule has 0 spiro atoms. The summed E-state index contributed by atoms with van der Waals surface area (Å²) in [4.78, 5) is 16.1. The molecule has 1 aromatic rings. The quantitative estimate of drug-likeness (QED) is 0.719. The van der Waals surface area contributed by atoms with Crippen LogP contribution in [0.3, 0.4) is 0 Å². The number of aliphatic carboxylic acids is 1. The zero-order valence-corrected chi connectivity index (χ0v) is 7.52. The molecule has 0 amide bonds. The molecule has 2 rings (SSSR count). The molecule has 1 atom stereocenters. The number of fused-ring (bicyclic) bond motifs is 1. The van der Waals surface area contributed by atoms with Crippen molar-refractivity contribution < 1.29 is 9.90 Å². The number of thiazole rings is 1. The number of carboxylic acid groups (broad SMARTS) is 1. The maximum Gasteiger partial charge on any atom is 0.312 e. The van der Waals surface area contributed by atoms with E-state index in [1.165, 1.54) is 4.88 Å². The third-order valence-corrected chi connectivity index (χ3v) is 3.17. The second-order valence-electron chi connectivity index (χ2n) is 2.97. The molecule has 1 N–H and O–H groups in total. The Labute approximate surface area is 74.1 Å². The number of hydrogen-bond acceptors (Lipinski definition) is 3. The van der Waals surface area contributed by atoms with Crippen molar-refractivity contribution in [2.45, 2.75) is 25.7 Å². The van der Waals surface area contributed by atoms with Gasteiger partial charge in [-0.3, -0.25) is 4.79 Å². The Morgan fingerprint density at radius 1 is 1.75 bits per heavy atom. The largest absolute Gasteiger partial charge is 0.481 e. The molecule has 0 saturated heterocycles. The molecule has 1 aliphatic carbocycles. The van der Waals surface area contributed by atoms with E-state index in [1.807, 2.05) is 6.92 Å². The Morgan fingerprint density at radius 2 is 2.50 bits per heavy atom. The maximum absolute atomic E-state index is 10.7. The van der Waals surface area contributed by atoms with Crippen LogP contribution in [0.5, 0.6) is 0 Å². The minimum atomic E-state index is -0.737. The minimum absolute atomic E-state index is 0.343. The van der Waals surface area contributed by atoms with Gasteiger partial charge < -0.3 is 5.11 Å². The maximum atomic E-state index is 10.7. The Kier molecular flexibility index (Phi) is 1.65. The zero-order chi connectivity index (χ0) is 8.72. The smallest absolute Gasteiger partial charge is 0.312 e. The Hall–Kier alpha value is -0.900. The molecule has 12 heavy (non-hydrogen) atoms. The number of rotatable bonds is 1. The van der Waals surface area contributed by atoms with Crippen LogP contribution in [-0.4, -0.2) is 16.1 Å². The van der Waals surface area contributed by atoms with Crippen molar-refractivity contribution in [3.8, 4) is 0 Å². The predicted molar refractivity (Wildman–Crippen MR) is 45.5 cm³/mol. The summed E-state index contributed by atoms with van der Waals surface area (Å²) in [5.74, 6) is -1.08. The first-order valence-electron chi connectivity index (χ1n) is 3.87. The lowest BCUT2D eigenvalue weighted by molar-refractivity contribution is -0.138. The van der Waals surface area contributed by atoms with E-state index in [0.717, 1.165) is 23.5 Å². The van der Waals surface area contributed by atoms with Gasteiger partial charge in [0.2, 0.25) is 0 Å². The van der Waals surface area contributed by atoms with Crippen LogP contribution in [-0.2, 0) is 11.2 Å². The van der Waals surface area contributed by atoms with Gasteiger partial charge in [0.15, 0.2) is 0 Å². The van der Waals surface area contributed by atoms with Gasteiger partial charge in [0, 0.05) is 4.88 Å². The van der Waals surface area contributed by atoms with Gasteiger partial charge in [0.1, 0.15) is 5.92 Å². The molecule has 0 bridgehead atoms. The molecular formula is C8H9NO2S. The van der Waals surface area contributed by atoms with Crippen molar-refractivity contribution in [3.05, 3.63) is 15.6 Å². The van der Waals surface area contributed by atoms with Crippen LogP contribution in [0, 0.1) is 6.92 Å². The number of nitrogens with zero attached hydrogens (tertiary/aromatic N) is 1. The standard InChI is InChI=1S/C8H9NO2S/c1-4-9-7-5(8(10)11)2-3-6(7)12-4/h5H,2-3H2,1H3,(H,10,11)/t5-/m1/s1. The van der Waals surface area contributed by atoms with E-state index in [1.54, 1.807) is 11.3 Å². The van der Waals surface area contributed by atoms with Crippen molar-refractivity contribution in [1.82, 2.24) is 4.98 Å². The van der Waals surface area contributed by atoms with Crippen molar-refractivity contribution in [2.75, 3.05) is 0 Å². The van der Waals surface area contributed by atoms with E-state index in [2.05, 4.69) is 4.98 Å². The fourth-order valence-corrected chi connectivity index (χ4v) is 2.60. The van der Waals surface area contributed by atoms with Crippen LogP contribution in [0.2, 0.25) is 0 Å². The van der Waals surface area contributed by atoms with Crippen LogP contribution in [0.4, 0.5) is 0 Å². The average Bonchev–Trinajstić information content (AvgIpc) is 2.43. The van der Waals surface area contributed by atoms with E-state index in [0.29, 0.717) is 0 Å². The first kappa shape index (κ1) is 7.73. The summed E-state index contributed by atoms with van der Waals surface area (Å²) >= 11 is 1.62. The molecular weight excluding hydrogens is 174 g/mol. The third-order valence-electron chi connectivity index (χ3n) is 2.12. The Morgan fingerprint density at radius 3 is 3.17 bits per heavy atom.